The van der Waals surface area contributed by atoms with E-state index in [1.165, 1.54) is 0 Å². The number of rotatable bonds is 3. The van der Waals surface area contributed by atoms with Crippen LogP contribution >= 0.6 is 0 Å². The van der Waals surface area contributed by atoms with Crippen molar-refractivity contribution in [1.82, 2.24) is 0 Å². The molecule has 0 bridgehead atoms. The fraction of sp³-hybridized carbons (Fsp3) is 0.444. The van der Waals surface area contributed by atoms with Crippen LogP contribution in [0.3, 0.4) is 0 Å². The molecule has 11 heavy (non-hydrogen) atoms. The topological polar surface area (TPSA) is 23.8 Å². The minimum absolute atomic E-state index is 0.242. The fourth-order valence-corrected chi connectivity index (χ4v) is 1.12. The lowest BCUT2D eigenvalue weighted by molar-refractivity contribution is 0.455. The highest BCUT2D eigenvalue weighted by molar-refractivity contribution is 6.18. The Bertz CT molecular complexity index is 202. The summed E-state index contributed by atoms with van der Waals surface area (Å²) in [5.74, 6) is 0. The van der Waals surface area contributed by atoms with Gasteiger partial charge in [-0.3, -0.25) is 0 Å². The van der Waals surface area contributed by atoms with E-state index in [1.807, 2.05) is 13.8 Å². The van der Waals surface area contributed by atoms with Crippen LogP contribution in [0, 0.1) is 16.7 Å². The number of allylic oxidation sites excluding steroid dienone is 2. The molecule has 0 N–H and O–H groups in total. The highest BCUT2D eigenvalue weighted by Crippen LogP contribution is 2.43. The molecule has 1 nitrogen and oxygen atoms in total. The van der Waals surface area contributed by atoms with Gasteiger partial charge in [-0.2, -0.15) is 5.26 Å². The third kappa shape index (κ3) is 1.61. The van der Waals surface area contributed by atoms with Gasteiger partial charge in [-0.25, -0.2) is 0 Å². The summed E-state index contributed by atoms with van der Waals surface area (Å²) >= 11 is 0. The second kappa shape index (κ2) is 3.06. The van der Waals surface area contributed by atoms with Crippen LogP contribution in [-0.4, -0.2) is 10.2 Å². The minimum atomic E-state index is -0.295. The summed E-state index contributed by atoms with van der Waals surface area (Å²) in [5, 5.41) is 8.59. The molecule has 60 valence electrons. The maximum Gasteiger partial charge on any atom is 0.0655 e. The van der Waals surface area contributed by atoms with Crippen molar-refractivity contribution in [2.24, 2.45) is 5.41 Å². The van der Waals surface area contributed by atoms with E-state index >= 15 is 0 Å². The van der Waals surface area contributed by atoms with E-state index in [2.05, 4.69) is 19.2 Å². The molecule has 0 aliphatic heterocycles. The second-order valence-electron chi connectivity index (χ2n) is 3.43. The van der Waals surface area contributed by atoms with Crippen molar-refractivity contribution >= 4 is 10.2 Å². The van der Waals surface area contributed by atoms with Crippen molar-refractivity contribution in [1.29, 1.82) is 5.26 Å². The first-order chi connectivity index (χ1) is 4.93. The number of hydrogen-bond donors (Lipinski definition) is 0. The van der Waals surface area contributed by atoms with Crippen LogP contribution in [0.25, 0.3) is 0 Å². The molecule has 0 aliphatic carbocycles. The van der Waals surface area contributed by atoms with Gasteiger partial charge in [0.1, 0.15) is 0 Å². The summed E-state index contributed by atoms with van der Waals surface area (Å²) in [4.78, 5) is 0. The van der Waals surface area contributed by atoms with Gasteiger partial charge in [-0.15, -0.1) is 13.2 Å². The summed E-state index contributed by atoms with van der Waals surface area (Å²) in [6.45, 7) is 11.4. The zero-order chi connectivity index (χ0) is 9.12. The zero-order valence-electron chi connectivity index (χ0n) is 7.52. The lowest BCUT2D eigenvalue weighted by Gasteiger charge is -2.33. The number of nitriles is 1. The van der Waals surface area contributed by atoms with Crippen molar-refractivity contribution in [3.63, 3.8) is 0 Å². The van der Waals surface area contributed by atoms with Crippen molar-refractivity contribution in [3.05, 3.63) is 25.3 Å². The van der Waals surface area contributed by atoms with E-state index in [-0.39, 0.29) is 10.5 Å². The predicted molar refractivity (Wildman–Crippen MR) is 52.4 cm³/mol. The maximum absolute atomic E-state index is 8.88. The Morgan fingerprint density at radius 1 is 1.36 bits per heavy atom. The summed E-state index contributed by atoms with van der Waals surface area (Å²) in [6.07, 6.45) is 3.60. The van der Waals surface area contributed by atoms with Crippen molar-refractivity contribution < 1.29 is 0 Å². The summed E-state index contributed by atoms with van der Waals surface area (Å²) in [7, 11) is 0.822. The quantitative estimate of drug-likeness (QED) is 0.458. The van der Waals surface area contributed by atoms with E-state index in [0.29, 0.717) is 0 Å². The Morgan fingerprint density at radius 3 is 1.82 bits per heavy atom. The van der Waals surface area contributed by atoms with Gasteiger partial charge < -0.3 is 0 Å². The molecule has 0 radical (unpaired) electrons. The fourth-order valence-electron chi connectivity index (χ4n) is 0.714. The predicted octanol–water partition coefficient (Wildman–Crippen LogP) is 1.43. The van der Waals surface area contributed by atoms with Gasteiger partial charge in [0.05, 0.1) is 6.07 Å². The molecule has 0 aliphatic rings. The molecule has 2 heteroatoms. The van der Waals surface area contributed by atoms with Gasteiger partial charge in [0, 0.05) is 20.7 Å². The van der Waals surface area contributed by atoms with E-state index in [0.717, 1.165) is 10.2 Å². The Hall–Kier alpha value is -0.813. The molecule has 0 saturated heterocycles. The Labute approximate surface area is 71.8 Å². The summed E-state index contributed by atoms with van der Waals surface area (Å²) in [6, 6.07) is 2.30. The average molecular weight is 165 g/mol. The maximum atomic E-state index is 8.88. The van der Waals surface area contributed by atoms with E-state index in [4.69, 9.17) is 5.26 Å². The van der Waals surface area contributed by atoms with Crippen molar-refractivity contribution in [2.75, 3.05) is 0 Å². The van der Waals surface area contributed by atoms with E-state index < -0.39 is 0 Å². The summed E-state index contributed by atoms with van der Waals surface area (Å²) < 4.78 is 0. The summed E-state index contributed by atoms with van der Waals surface area (Å²) in [5.41, 5.74) is -0.242. The molecule has 0 saturated carbocycles. The Morgan fingerprint density at radius 2 is 1.73 bits per heavy atom. The van der Waals surface area contributed by atoms with Crippen LogP contribution in [0.1, 0.15) is 13.8 Å². The van der Waals surface area contributed by atoms with Crippen LogP contribution in [0.2, 0.25) is 5.04 Å². The molecule has 0 aromatic rings. The number of hydrogen-bond acceptors (Lipinski definition) is 1. The second-order valence-corrected chi connectivity index (χ2v) is 5.43. The first-order valence-corrected chi connectivity index (χ1v) is 4.62. The van der Waals surface area contributed by atoms with Crippen molar-refractivity contribution in [3.8, 4) is 6.07 Å². The molecule has 0 amide bonds. The molecular formula is C9H15NSi. The van der Waals surface area contributed by atoms with Gasteiger partial charge in [0.2, 0.25) is 0 Å². The van der Waals surface area contributed by atoms with Crippen LogP contribution in [0.5, 0.6) is 0 Å². The normalized spacial score (nSPS) is 16.5. The van der Waals surface area contributed by atoms with Gasteiger partial charge >= 0.3 is 0 Å². The monoisotopic (exact) mass is 165 g/mol. The molecule has 1 unspecified atom stereocenters. The average Bonchev–Trinajstić information content (AvgIpc) is 2.02. The number of nitrogens with zero attached hydrogens (tertiary/aromatic N) is 1. The van der Waals surface area contributed by atoms with Gasteiger partial charge in [-0.05, 0) is 6.92 Å². The van der Waals surface area contributed by atoms with Crippen LogP contribution in [0.15, 0.2) is 25.3 Å². The molecule has 0 heterocycles. The highest BCUT2D eigenvalue weighted by atomic mass is 28.1. The SMILES string of the molecule is C=CC(C)(C=C)C(C)([SiH3])C#N. The van der Waals surface area contributed by atoms with Crippen LogP contribution in [0.4, 0.5) is 0 Å². The van der Waals surface area contributed by atoms with Gasteiger partial charge in [0.25, 0.3) is 0 Å². The standard InChI is InChI=1S/C9H15NSi/c1-5-8(3,6-2)9(4,11)7-10/h5-6H,1-2H2,3-4,11H3. The highest BCUT2D eigenvalue weighted by Gasteiger charge is 2.35. The lowest BCUT2D eigenvalue weighted by Crippen LogP contribution is -2.26. The van der Waals surface area contributed by atoms with Gasteiger partial charge in [-0.1, -0.05) is 19.1 Å². The Balaban J connectivity index is 4.95. The third-order valence-corrected chi connectivity index (χ3v) is 3.78. The zero-order valence-corrected chi connectivity index (χ0v) is 9.52. The molecule has 0 fully saturated rings. The first-order valence-electron chi connectivity index (χ1n) is 3.62. The molecular weight excluding hydrogens is 150 g/mol. The lowest BCUT2D eigenvalue weighted by atomic mass is 9.78. The van der Waals surface area contributed by atoms with Crippen LogP contribution in [-0.2, 0) is 0 Å². The molecule has 0 spiro atoms. The minimum Gasteiger partial charge on any atom is -0.198 e. The molecule has 0 aromatic carbocycles. The first kappa shape index (κ1) is 10.2. The molecule has 0 rings (SSSR count). The molecule has 0 aromatic heterocycles. The Kier molecular flexibility index (Phi) is 2.83. The van der Waals surface area contributed by atoms with E-state index in [1.54, 1.807) is 12.2 Å². The largest absolute Gasteiger partial charge is 0.198 e. The van der Waals surface area contributed by atoms with Crippen molar-refractivity contribution in [2.45, 2.75) is 18.9 Å². The third-order valence-electron chi connectivity index (χ3n) is 2.47. The smallest absolute Gasteiger partial charge is 0.0655 e. The van der Waals surface area contributed by atoms with E-state index in [9.17, 15) is 0 Å². The molecule has 1 atom stereocenters. The van der Waals surface area contributed by atoms with Crippen LogP contribution < -0.4 is 0 Å². The van der Waals surface area contributed by atoms with Gasteiger partial charge in [0.15, 0.2) is 0 Å².